The molecule has 0 saturated carbocycles. The Kier molecular flexibility index (Phi) is 48.7. The van der Waals surface area contributed by atoms with Gasteiger partial charge in [-0.05, 0) is 150 Å². The highest BCUT2D eigenvalue weighted by molar-refractivity contribution is 6.00. The van der Waals surface area contributed by atoms with E-state index in [0.29, 0.717) is 70.0 Å². The Morgan fingerprint density at radius 2 is 0.954 bits per heavy atom. The van der Waals surface area contributed by atoms with Gasteiger partial charge in [0.25, 0.3) is 5.91 Å². The van der Waals surface area contributed by atoms with Crippen LogP contribution >= 0.6 is 0 Å². The number of carbonyl (C=O) groups excluding carboxylic acids is 14. The summed E-state index contributed by atoms with van der Waals surface area (Å²) >= 11 is 0. The summed E-state index contributed by atoms with van der Waals surface area (Å²) < 4.78 is 0. The van der Waals surface area contributed by atoms with Crippen LogP contribution in [-0.2, 0) is 62.3 Å². The Balaban J connectivity index is 2.38. The molecular weight excluding hydrogens is 1400 g/mol. The van der Waals surface area contributed by atoms with Crippen LogP contribution in [0.2, 0.25) is 0 Å². The lowest BCUT2D eigenvalue weighted by Gasteiger charge is -2.29. The Morgan fingerprint density at radius 1 is 0.481 bits per heavy atom. The Hall–Kier alpha value is -8.48. The molecule has 0 aromatic heterocycles. The number of aliphatic hydroxyl groups excluding tert-OH is 2. The van der Waals surface area contributed by atoms with E-state index in [1.54, 1.807) is 6.07 Å². The van der Waals surface area contributed by atoms with Crippen LogP contribution < -0.4 is 103 Å². The standard InChI is InChI=1S/C73H129N19O16/c1-7-9-11-13-14-18-27-51-64(99)82-46(4)62(97)84-52(30-36-74)66(101)88-55(33-39-77)70(105)91-60(47(5)93)72(107)81-43-35-57(69(104)86-53(31-37-75)67(102)85-51)89-68(103)54(32-38-76)90-73(108)61(48(6)94)92-71(106)56(34-40-78)87-65(100)50(26-17-12-10-8-2)83-59(96)29-20-16-21-41-79-58(95)28-19-15-22-42-80-63(98)49-25-23-24-45(3)44-49/h23-25,44,46-48,50-57,60-61,93-94H,7-22,26-43,74-78H2,1-6H3,(H,79,95)(H,80,98)(H,81,107)(H,82,99)(H,83,96)(H,84,97)(H,85,102)(H,86,104)(H,87,100)(H,88,101)(H,89,103)(H,90,108)(H,91,105)(H,92,106)/t46-,47+,48+,50-,51+,52-,53-,54-,55-,56-,57?,60-,61-/m0/s1. The SMILES string of the molecule is CCCCCCCC[C@H]1NC(=O)[C@H](CCN)NC(=O)C(NC(=O)[C@H](CCN)NC(=O)[C@@H](NC(=O)[C@H](CCN)NC(=O)[C@H](CCCCCC)NC(=O)CCCCCNC(=O)CCCCCNC(=O)c2cccc(C)c2)[C@@H](C)O)CCNC(=O)[C@H]([C@@H](C)O)NC(=O)[C@H](CCN)NC(=O)[C@H](CCN)NC(=O)[C@H](C)NC1=O. The normalized spacial score (nSPS) is 20.3. The van der Waals surface area contributed by atoms with Crippen LogP contribution in [0.1, 0.15) is 217 Å². The maximum absolute atomic E-state index is 14.6. The highest BCUT2D eigenvalue weighted by Crippen LogP contribution is 2.14. The Labute approximate surface area is 635 Å². The van der Waals surface area contributed by atoms with Gasteiger partial charge in [-0.3, -0.25) is 67.1 Å². The molecule has 35 heteroatoms. The number of unbranched alkanes of at least 4 members (excludes halogenated alkanes) is 12. The van der Waals surface area contributed by atoms with Crippen molar-refractivity contribution in [2.24, 2.45) is 28.7 Å². The van der Waals surface area contributed by atoms with Crippen LogP contribution in [0, 0.1) is 6.92 Å². The van der Waals surface area contributed by atoms with Crippen molar-refractivity contribution in [2.45, 2.75) is 287 Å². The number of carbonyl (C=O) groups is 14. The third-order valence-electron chi connectivity index (χ3n) is 18.2. The minimum absolute atomic E-state index is 0.0621. The van der Waals surface area contributed by atoms with Crippen LogP contribution in [0.4, 0.5) is 0 Å². The quantitative estimate of drug-likeness (QED) is 0.0290. The van der Waals surface area contributed by atoms with Gasteiger partial charge in [0.2, 0.25) is 76.8 Å². The number of benzene rings is 1. The number of rotatable bonds is 46. The number of hydrogen-bond acceptors (Lipinski definition) is 21. The largest absolute Gasteiger partial charge is 0.391 e. The van der Waals surface area contributed by atoms with Crippen molar-refractivity contribution in [1.29, 1.82) is 0 Å². The van der Waals surface area contributed by atoms with Gasteiger partial charge in [0.05, 0.1) is 12.2 Å². The second-order valence-electron chi connectivity index (χ2n) is 27.7. The number of hydrogen-bond donors (Lipinski definition) is 21. The molecule has 1 heterocycles. The highest BCUT2D eigenvalue weighted by atomic mass is 16.3. The molecule has 26 N–H and O–H groups in total. The molecule has 13 atom stereocenters. The fraction of sp³-hybridized carbons (Fsp3) is 0.726. The topological polar surface area (TPSA) is 578 Å². The molecular formula is C73H129N19O16. The summed E-state index contributed by atoms with van der Waals surface area (Å²) in [5, 5.41) is 58.4. The second-order valence-corrected chi connectivity index (χ2v) is 27.7. The molecule has 14 amide bonds. The minimum atomic E-state index is -1.82. The Morgan fingerprint density at radius 3 is 1.51 bits per heavy atom. The van der Waals surface area contributed by atoms with Gasteiger partial charge in [-0.1, -0.05) is 109 Å². The van der Waals surface area contributed by atoms with Crippen molar-refractivity contribution in [3.63, 3.8) is 0 Å². The molecule has 0 spiro atoms. The second kappa shape index (κ2) is 55.0. The number of aliphatic hydroxyl groups is 2. The van der Waals surface area contributed by atoms with E-state index in [2.05, 4.69) is 81.4 Å². The molecule has 2 rings (SSSR count). The fourth-order valence-corrected chi connectivity index (χ4v) is 11.8. The number of nitrogens with two attached hydrogens (primary N) is 5. The molecule has 0 bridgehead atoms. The summed E-state index contributed by atoms with van der Waals surface area (Å²) in [4.78, 5) is 194. The maximum atomic E-state index is 14.6. The maximum Gasteiger partial charge on any atom is 0.251 e. The molecule has 0 radical (unpaired) electrons. The first-order valence-electron chi connectivity index (χ1n) is 38.7. The lowest BCUT2D eigenvalue weighted by Crippen LogP contribution is -2.62. The molecule has 612 valence electrons. The molecule has 1 saturated heterocycles. The molecule has 108 heavy (non-hydrogen) atoms. The predicted octanol–water partition coefficient (Wildman–Crippen LogP) is -2.94. The summed E-state index contributed by atoms with van der Waals surface area (Å²) in [6.45, 7) is 9.21. The zero-order valence-electron chi connectivity index (χ0n) is 64.4. The number of nitrogens with one attached hydrogen (secondary N) is 14. The molecule has 1 aliphatic heterocycles. The first kappa shape index (κ1) is 95.6. The van der Waals surface area contributed by atoms with Crippen molar-refractivity contribution in [1.82, 2.24) is 74.4 Å². The molecule has 1 aromatic carbocycles. The first-order chi connectivity index (χ1) is 51.6. The lowest BCUT2D eigenvalue weighted by molar-refractivity contribution is -0.137. The molecule has 1 aliphatic rings. The van der Waals surface area contributed by atoms with E-state index in [4.69, 9.17) is 28.7 Å². The van der Waals surface area contributed by atoms with Gasteiger partial charge in [0.15, 0.2) is 0 Å². The van der Waals surface area contributed by atoms with Gasteiger partial charge in [-0.15, -0.1) is 0 Å². The van der Waals surface area contributed by atoms with Crippen LogP contribution in [0.5, 0.6) is 0 Å². The van der Waals surface area contributed by atoms with Crippen LogP contribution in [-0.4, -0.2) is 224 Å². The van der Waals surface area contributed by atoms with Gasteiger partial charge in [-0.2, -0.15) is 0 Å². The van der Waals surface area contributed by atoms with E-state index in [0.717, 1.165) is 63.4 Å². The van der Waals surface area contributed by atoms with E-state index >= 15 is 0 Å². The first-order valence-corrected chi connectivity index (χ1v) is 38.7. The molecule has 1 unspecified atom stereocenters. The third kappa shape index (κ3) is 38.1. The van der Waals surface area contributed by atoms with Gasteiger partial charge >= 0.3 is 0 Å². The summed E-state index contributed by atoms with van der Waals surface area (Å²) in [5.74, 6) is -11.0. The van der Waals surface area contributed by atoms with Crippen molar-refractivity contribution >= 4 is 82.7 Å². The zero-order valence-corrected chi connectivity index (χ0v) is 64.4. The van der Waals surface area contributed by atoms with Crippen LogP contribution in [0.25, 0.3) is 0 Å². The minimum Gasteiger partial charge on any atom is -0.391 e. The van der Waals surface area contributed by atoms with Crippen LogP contribution in [0.3, 0.4) is 0 Å². The average Bonchev–Trinajstić information content (AvgIpc) is 0.985. The zero-order chi connectivity index (χ0) is 80.5. The summed E-state index contributed by atoms with van der Waals surface area (Å²) in [5.41, 5.74) is 31.1. The van der Waals surface area contributed by atoms with Crippen molar-refractivity contribution in [2.75, 3.05) is 52.4 Å². The number of amides is 14. The fourth-order valence-electron chi connectivity index (χ4n) is 11.8. The monoisotopic (exact) mass is 1530 g/mol. The summed E-state index contributed by atoms with van der Waals surface area (Å²) in [6, 6.07) is -8.91. The number of aryl methyl sites for hydroxylation is 1. The van der Waals surface area contributed by atoms with Gasteiger partial charge in [0.1, 0.15) is 66.5 Å². The molecule has 0 aliphatic carbocycles. The third-order valence-corrected chi connectivity index (χ3v) is 18.2. The molecule has 35 nitrogen and oxygen atoms in total. The molecule has 1 aromatic rings. The van der Waals surface area contributed by atoms with E-state index in [1.807, 2.05) is 32.0 Å². The molecule has 1 fully saturated rings. The van der Waals surface area contributed by atoms with E-state index in [-0.39, 0.29) is 95.9 Å². The van der Waals surface area contributed by atoms with E-state index in [9.17, 15) is 77.3 Å². The Bertz CT molecular complexity index is 2980. The van der Waals surface area contributed by atoms with Gasteiger partial charge in [-0.25, -0.2) is 0 Å². The van der Waals surface area contributed by atoms with Crippen molar-refractivity contribution < 1.29 is 77.3 Å². The van der Waals surface area contributed by atoms with E-state index in [1.165, 1.54) is 20.8 Å². The smallest absolute Gasteiger partial charge is 0.251 e. The highest BCUT2D eigenvalue weighted by Gasteiger charge is 2.38. The summed E-state index contributed by atoms with van der Waals surface area (Å²) in [7, 11) is 0. The van der Waals surface area contributed by atoms with Crippen LogP contribution in [0.15, 0.2) is 24.3 Å². The average molecular weight is 1530 g/mol. The van der Waals surface area contributed by atoms with Gasteiger partial charge in [0, 0.05) is 38.0 Å². The lowest BCUT2D eigenvalue weighted by atomic mass is 10.0. The van der Waals surface area contributed by atoms with Crippen molar-refractivity contribution in [3.8, 4) is 0 Å². The van der Waals surface area contributed by atoms with E-state index < -0.39 is 163 Å². The predicted molar refractivity (Wildman–Crippen MR) is 406 cm³/mol. The summed E-state index contributed by atoms with van der Waals surface area (Å²) in [6.07, 6.45) is 7.54. The van der Waals surface area contributed by atoms with Crippen molar-refractivity contribution in [3.05, 3.63) is 35.4 Å². The van der Waals surface area contributed by atoms with Gasteiger partial charge < -0.3 is 113 Å².